The minimum Gasteiger partial charge on any atom is -0.744 e. The molecule has 0 aliphatic heterocycles. The molecule has 0 radical (unpaired) electrons. The number of esters is 1. The Morgan fingerprint density at radius 1 is 1.27 bits per heavy atom. The zero-order chi connectivity index (χ0) is 10.8. The molecule has 0 aliphatic carbocycles. The van der Waals surface area contributed by atoms with Crippen molar-refractivity contribution in [2.45, 2.75) is 11.8 Å². The zero-order valence-corrected chi connectivity index (χ0v) is 11.1. The molecule has 1 rings (SSSR count). The molecule has 0 saturated heterocycles. The van der Waals surface area contributed by atoms with Crippen molar-refractivity contribution in [3.05, 3.63) is 24.3 Å². The summed E-state index contributed by atoms with van der Waals surface area (Å²) in [5.41, 5.74) is 0. The zero-order valence-electron chi connectivity index (χ0n) is 8.26. The summed E-state index contributed by atoms with van der Waals surface area (Å²) in [6.45, 7) is 1.22. The van der Waals surface area contributed by atoms with Crippen LogP contribution < -0.4 is 34.3 Å². The van der Waals surface area contributed by atoms with E-state index in [4.69, 9.17) is 0 Å². The van der Waals surface area contributed by atoms with Gasteiger partial charge in [0.1, 0.15) is 15.9 Å². The minimum absolute atomic E-state index is 0. The molecule has 0 heterocycles. The molecule has 0 aliphatic rings. The largest absolute Gasteiger partial charge is 1.00 e. The quantitative estimate of drug-likeness (QED) is 0.246. The Hall–Kier alpha value is -0.400. The van der Waals surface area contributed by atoms with E-state index in [0.29, 0.717) is 0 Å². The van der Waals surface area contributed by atoms with Crippen molar-refractivity contribution < 1.29 is 52.1 Å². The fourth-order valence-electron chi connectivity index (χ4n) is 0.840. The topological polar surface area (TPSA) is 83.5 Å². The Morgan fingerprint density at radius 3 is 2.07 bits per heavy atom. The second-order valence-corrected chi connectivity index (χ2v) is 3.90. The Labute approximate surface area is 109 Å². The third-order valence-electron chi connectivity index (χ3n) is 1.37. The molecule has 1 aromatic rings. The number of ether oxygens (including phenoxy) is 1. The number of rotatable bonds is 2. The van der Waals surface area contributed by atoms with E-state index < -0.39 is 16.1 Å². The van der Waals surface area contributed by atoms with Gasteiger partial charge < -0.3 is 9.29 Å². The predicted octanol–water partition coefficient (Wildman–Crippen LogP) is -2.48. The van der Waals surface area contributed by atoms with Crippen molar-refractivity contribution in [3.8, 4) is 5.75 Å². The van der Waals surface area contributed by atoms with Crippen molar-refractivity contribution in [1.82, 2.24) is 0 Å². The van der Waals surface area contributed by atoms with Crippen molar-refractivity contribution in [1.29, 1.82) is 0 Å². The van der Waals surface area contributed by atoms with Gasteiger partial charge in [-0.15, -0.1) is 0 Å². The van der Waals surface area contributed by atoms with Crippen LogP contribution in [0.15, 0.2) is 29.2 Å². The van der Waals surface area contributed by atoms with E-state index in [0.717, 1.165) is 12.1 Å². The Balaban J connectivity index is 0.00000196. The monoisotopic (exact) mass is 238 g/mol. The van der Waals surface area contributed by atoms with Gasteiger partial charge in [0.25, 0.3) is 0 Å². The molecule has 0 saturated carbocycles. The normalized spacial score (nSPS) is 10.3. The SMILES string of the molecule is CC(=O)Oc1ccc(S(=O)(=O)[O-])cc1.[Na+]. The van der Waals surface area contributed by atoms with E-state index in [1.54, 1.807) is 0 Å². The number of hydrogen-bond acceptors (Lipinski definition) is 5. The first-order valence-electron chi connectivity index (χ1n) is 3.64. The minimum atomic E-state index is -4.44. The van der Waals surface area contributed by atoms with Crippen LogP contribution in [0.4, 0.5) is 0 Å². The fraction of sp³-hybridized carbons (Fsp3) is 0.125. The molecule has 0 fully saturated rings. The van der Waals surface area contributed by atoms with Crippen molar-refractivity contribution in [2.24, 2.45) is 0 Å². The molecule has 0 atom stereocenters. The third-order valence-corrected chi connectivity index (χ3v) is 2.22. The molecule has 0 spiro atoms. The maximum absolute atomic E-state index is 10.5. The molecular weight excluding hydrogens is 231 g/mol. The second kappa shape index (κ2) is 5.62. The Morgan fingerprint density at radius 2 is 1.73 bits per heavy atom. The van der Waals surface area contributed by atoms with E-state index in [2.05, 4.69) is 4.74 Å². The van der Waals surface area contributed by atoms with Gasteiger partial charge in [0.15, 0.2) is 0 Å². The summed E-state index contributed by atoms with van der Waals surface area (Å²) >= 11 is 0. The maximum Gasteiger partial charge on any atom is 1.00 e. The number of carbonyl (C=O) groups is 1. The van der Waals surface area contributed by atoms with E-state index in [1.165, 1.54) is 19.1 Å². The first kappa shape index (κ1) is 14.6. The molecule has 0 aromatic heterocycles. The van der Waals surface area contributed by atoms with Gasteiger partial charge in [-0.3, -0.25) is 4.79 Å². The van der Waals surface area contributed by atoms with Gasteiger partial charge in [-0.25, -0.2) is 8.42 Å². The first-order valence-corrected chi connectivity index (χ1v) is 5.05. The molecule has 1 aromatic carbocycles. The molecule has 15 heavy (non-hydrogen) atoms. The van der Waals surface area contributed by atoms with Crippen LogP contribution in [0.25, 0.3) is 0 Å². The van der Waals surface area contributed by atoms with Gasteiger partial charge in [0, 0.05) is 6.92 Å². The summed E-state index contributed by atoms with van der Waals surface area (Å²) in [4.78, 5) is 10.1. The average Bonchev–Trinajstić information content (AvgIpc) is 2.02. The number of carbonyl (C=O) groups excluding carboxylic acids is 1. The smallest absolute Gasteiger partial charge is 0.744 e. The molecular formula is C8H7NaO5S. The van der Waals surface area contributed by atoms with E-state index in [1.807, 2.05) is 0 Å². The molecule has 7 heteroatoms. The van der Waals surface area contributed by atoms with Crippen molar-refractivity contribution in [3.63, 3.8) is 0 Å². The van der Waals surface area contributed by atoms with E-state index >= 15 is 0 Å². The molecule has 0 bridgehead atoms. The van der Waals surface area contributed by atoms with Crippen LogP contribution in [-0.2, 0) is 14.9 Å². The average molecular weight is 238 g/mol. The predicted molar refractivity (Wildman–Crippen MR) is 45.7 cm³/mol. The van der Waals surface area contributed by atoms with Gasteiger partial charge in [-0.2, -0.15) is 0 Å². The van der Waals surface area contributed by atoms with Crippen LogP contribution in [0.1, 0.15) is 6.92 Å². The van der Waals surface area contributed by atoms with Crippen LogP contribution in [0.2, 0.25) is 0 Å². The number of benzene rings is 1. The fourth-order valence-corrected chi connectivity index (χ4v) is 1.31. The Bertz CT molecular complexity index is 437. The van der Waals surface area contributed by atoms with Crippen LogP contribution in [0.5, 0.6) is 5.75 Å². The van der Waals surface area contributed by atoms with Gasteiger partial charge in [-0.1, -0.05) is 0 Å². The first-order chi connectivity index (χ1) is 6.39. The molecule has 76 valence electrons. The van der Waals surface area contributed by atoms with Gasteiger partial charge in [0.2, 0.25) is 0 Å². The maximum atomic E-state index is 10.5. The molecule has 5 nitrogen and oxygen atoms in total. The van der Waals surface area contributed by atoms with Crippen molar-refractivity contribution >= 4 is 16.1 Å². The summed E-state index contributed by atoms with van der Waals surface area (Å²) in [5.74, 6) is -0.312. The second-order valence-electron chi connectivity index (χ2n) is 2.52. The van der Waals surface area contributed by atoms with Gasteiger partial charge in [0.05, 0.1) is 4.90 Å². The van der Waals surface area contributed by atoms with Crippen LogP contribution in [0, 0.1) is 0 Å². The van der Waals surface area contributed by atoms with Gasteiger partial charge in [-0.05, 0) is 24.3 Å². The van der Waals surface area contributed by atoms with E-state index in [9.17, 15) is 17.8 Å². The summed E-state index contributed by atoms with van der Waals surface area (Å²) in [5, 5.41) is 0. The number of hydrogen-bond donors (Lipinski definition) is 0. The molecule has 0 N–H and O–H groups in total. The summed E-state index contributed by atoms with van der Waals surface area (Å²) in [6, 6.07) is 4.65. The van der Waals surface area contributed by atoms with Crippen molar-refractivity contribution in [2.75, 3.05) is 0 Å². The molecule has 0 amide bonds. The summed E-state index contributed by atoms with van der Waals surface area (Å²) in [6.07, 6.45) is 0. The molecule has 0 unspecified atom stereocenters. The summed E-state index contributed by atoms with van der Waals surface area (Å²) in [7, 11) is -4.44. The Kier molecular flexibility index (Phi) is 5.47. The van der Waals surface area contributed by atoms with Gasteiger partial charge >= 0.3 is 35.5 Å². The standard InChI is InChI=1S/C8H8O5S.Na/c1-6(9)13-7-2-4-8(5-3-7)14(10,11)12;/h2-5H,1H3,(H,10,11,12);/q;+1/p-1. The van der Waals surface area contributed by atoms with Crippen LogP contribution >= 0.6 is 0 Å². The third kappa shape index (κ3) is 4.76. The van der Waals surface area contributed by atoms with Crippen LogP contribution in [0.3, 0.4) is 0 Å². The van der Waals surface area contributed by atoms with E-state index in [-0.39, 0.29) is 40.2 Å². The van der Waals surface area contributed by atoms with Crippen LogP contribution in [-0.4, -0.2) is 18.9 Å². The summed E-state index contributed by atoms with van der Waals surface area (Å²) < 4.78 is 36.2.